The molecule has 0 atom stereocenters. The van der Waals surface area contributed by atoms with E-state index in [1.807, 2.05) is 25.1 Å². The van der Waals surface area contributed by atoms with Crippen LogP contribution in [0.25, 0.3) is 0 Å². The first-order valence-electron chi connectivity index (χ1n) is 9.63. The second-order valence-corrected chi connectivity index (χ2v) is 7.19. The Balaban J connectivity index is 1.64. The predicted octanol–water partition coefficient (Wildman–Crippen LogP) is 4.55. The standard InChI is InChI=1S/C24H20N2O5/c1-14-8-10-22-19(12-14)26(3)24(29)18-13-16(9-11-21(18)31-22)25-23(28)17-6-4-5-7-20(17)30-15(2)27/h4-13H,1-3H3,(H,25,28). The molecule has 7 nitrogen and oxygen atoms in total. The third-order valence-corrected chi connectivity index (χ3v) is 4.85. The highest BCUT2D eigenvalue weighted by atomic mass is 16.5. The summed E-state index contributed by atoms with van der Waals surface area (Å²) in [7, 11) is 1.68. The van der Waals surface area contributed by atoms with Gasteiger partial charge >= 0.3 is 5.97 Å². The van der Waals surface area contributed by atoms with E-state index in [1.165, 1.54) is 11.8 Å². The van der Waals surface area contributed by atoms with Crippen molar-refractivity contribution in [2.75, 3.05) is 17.3 Å². The highest BCUT2D eigenvalue weighted by Gasteiger charge is 2.26. The summed E-state index contributed by atoms with van der Waals surface area (Å²) in [6.45, 7) is 3.21. The van der Waals surface area contributed by atoms with Crippen molar-refractivity contribution in [3.63, 3.8) is 0 Å². The molecule has 7 heteroatoms. The number of nitrogens with one attached hydrogen (secondary N) is 1. The van der Waals surface area contributed by atoms with Gasteiger partial charge in [-0.25, -0.2) is 0 Å². The third kappa shape index (κ3) is 3.98. The number of aryl methyl sites for hydroxylation is 1. The summed E-state index contributed by atoms with van der Waals surface area (Å²) in [5.41, 5.74) is 2.61. The Morgan fingerprint density at radius 1 is 1.00 bits per heavy atom. The van der Waals surface area contributed by atoms with Crippen molar-refractivity contribution in [3.8, 4) is 17.2 Å². The monoisotopic (exact) mass is 416 g/mol. The number of carbonyl (C=O) groups excluding carboxylic acids is 3. The maximum Gasteiger partial charge on any atom is 0.308 e. The van der Waals surface area contributed by atoms with Gasteiger partial charge in [-0.2, -0.15) is 0 Å². The molecule has 31 heavy (non-hydrogen) atoms. The van der Waals surface area contributed by atoms with Gasteiger partial charge in [0.25, 0.3) is 11.8 Å². The molecule has 0 spiro atoms. The molecular weight excluding hydrogens is 396 g/mol. The zero-order valence-electron chi connectivity index (χ0n) is 17.3. The van der Waals surface area contributed by atoms with Crippen molar-refractivity contribution in [2.24, 2.45) is 0 Å². The molecule has 0 saturated carbocycles. The quantitative estimate of drug-likeness (QED) is 0.500. The molecule has 3 aromatic carbocycles. The van der Waals surface area contributed by atoms with Gasteiger partial charge in [0.05, 0.1) is 16.8 Å². The van der Waals surface area contributed by atoms with Crippen LogP contribution in [-0.4, -0.2) is 24.8 Å². The lowest BCUT2D eigenvalue weighted by atomic mass is 10.1. The smallest absolute Gasteiger partial charge is 0.308 e. The second-order valence-electron chi connectivity index (χ2n) is 7.19. The fourth-order valence-corrected chi connectivity index (χ4v) is 3.34. The first-order chi connectivity index (χ1) is 14.8. The minimum absolute atomic E-state index is 0.159. The summed E-state index contributed by atoms with van der Waals surface area (Å²) in [5.74, 6) is -0.107. The van der Waals surface area contributed by atoms with Crippen LogP contribution in [0.1, 0.15) is 33.2 Å². The third-order valence-electron chi connectivity index (χ3n) is 4.85. The number of para-hydroxylation sites is 1. The van der Waals surface area contributed by atoms with E-state index in [0.717, 1.165) is 5.56 Å². The number of nitrogens with zero attached hydrogens (tertiary/aromatic N) is 1. The molecule has 0 radical (unpaired) electrons. The second kappa shape index (κ2) is 7.95. The number of ether oxygens (including phenoxy) is 2. The average molecular weight is 416 g/mol. The van der Waals surface area contributed by atoms with Crippen LogP contribution in [0.2, 0.25) is 0 Å². The van der Waals surface area contributed by atoms with Crippen LogP contribution in [0.4, 0.5) is 11.4 Å². The number of hydrogen-bond acceptors (Lipinski definition) is 5. The molecule has 0 bridgehead atoms. The van der Waals surface area contributed by atoms with E-state index in [9.17, 15) is 14.4 Å². The molecule has 1 heterocycles. The number of carbonyl (C=O) groups is 3. The number of amides is 2. The Morgan fingerprint density at radius 2 is 1.74 bits per heavy atom. The Bertz CT molecular complexity index is 1220. The topological polar surface area (TPSA) is 84.9 Å². The van der Waals surface area contributed by atoms with E-state index in [1.54, 1.807) is 49.5 Å². The van der Waals surface area contributed by atoms with Crippen molar-refractivity contribution in [1.82, 2.24) is 0 Å². The maximum absolute atomic E-state index is 13.1. The first kappa shape index (κ1) is 20.2. The van der Waals surface area contributed by atoms with Crippen molar-refractivity contribution < 1.29 is 23.9 Å². The highest BCUT2D eigenvalue weighted by Crippen LogP contribution is 2.39. The van der Waals surface area contributed by atoms with Crippen LogP contribution < -0.4 is 19.7 Å². The summed E-state index contributed by atoms with van der Waals surface area (Å²) in [6.07, 6.45) is 0. The van der Waals surface area contributed by atoms with E-state index in [4.69, 9.17) is 9.47 Å². The minimum Gasteiger partial charge on any atom is -0.454 e. The zero-order valence-corrected chi connectivity index (χ0v) is 17.3. The Kier molecular flexibility index (Phi) is 5.17. The maximum atomic E-state index is 13.1. The Hall–Kier alpha value is -4.13. The molecule has 0 saturated heterocycles. The molecule has 1 aliphatic heterocycles. The summed E-state index contributed by atoms with van der Waals surface area (Å²) in [4.78, 5) is 38.7. The van der Waals surface area contributed by atoms with Gasteiger partial charge < -0.3 is 19.7 Å². The number of rotatable bonds is 3. The summed E-state index contributed by atoms with van der Waals surface area (Å²) >= 11 is 0. The van der Waals surface area contributed by atoms with Gasteiger partial charge in [-0.15, -0.1) is 0 Å². The minimum atomic E-state index is -0.522. The molecule has 156 valence electrons. The van der Waals surface area contributed by atoms with Crippen LogP contribution >= 0.6 is 0 Å². The molecule has 4 rings (SSSR count). The Labute approximate surface area is 179 Å². The van der Waals surface area contributed by atoms with Gasteiger partial charge in [-0.3, -0.25) is 14.4 Å². The number of esters is 1. The first-order valence-corrected chi connectivity index (χ1v) is 9.63. The molecule has 3 aromatic rings. The largest absolute Gasteiger partial charge is 0.454 e. The van der Waals surface area contributed by atoms with Crippen LogP contribution in [0.3, 0.4) is 0 Å². The van der Waals surface area contributed by atoms with E-state index < -0.39 is 11.9 Å². The van der Waals surface area contributed by atoms with E-state index in [0.29, 0.717) is 28.4 Å². The van der Waals surface area contributed by atoms with E-state index in [2.05, 4.69) is 5.32 Å². The number of benzene rings is 3. The molecule has 0 aromatic heterocycles. The lowest BCUT2D eigenvalue weighted by Gasteiger charge is -2.17. The Morgan fingerprint density at radius 3 is 2.52 bits per heavy atom. The fraction of sp³-hybridized carbons (Fsp3) is 0.125. The van der Waals surface area contributed by atoms with Crippen LogP contribution in [0.5, 0.6) is 17.2 Å². The normalized spacial score (nSPS) is 12.2. The van der Waals surface area contributed by atoms with E-state index in [-0.39, 0.29) is 17.2 Å². The van der Waals surface area contributed by atoms with Gasteiger partial charge in [0.2, 0.25) is 0 Å². The van der Waals surface area contributed by atoms with Crippen LogP contribution in [0, 0.1) is 6.92 Å². The van der Waals surface area contributed by atoms with Gasteiger partial charge in [0, 0.05) is 19.7 Å². The van der Waals surface area contributed by atoms with Crippen LogP contribution in [-0.2, 0) is 4.79 Å². The fourth-order valence-electron chi connectivity index (χ4n) is 3.34. The number of anilines is 2. The van der Waals surface area contributed by atoms with Gasteiger partial charge in [0.1, 0.15) is 11.5 Å². The molecule has 0 aliphatic carbocycles. The molecule has 1 N–H and O–H groups in total. The summed E-state index contributed by atoms with van der Waals surface area (Å²) in [5, 5.41) is 2.75. The molecular formula is C24H20N2O5. The zero-order chi connectivity index (χ0) is 22.1. The molecule has 0 fully saturated rings. The number of fused-ring (bicyclic) bond motifs is 2. The number of hydrogen-bond donors (Lipinski definition) is 1. The van der Waals surface area contributed by atoms with Crippen LogP contribution in [0.15, 0.2) is 60.7 Å². The summed E-state index contributed by atoms with van der Waals surface area (Å²) < 4.78 is 11.1. The lowest BCUT2D eigenvalue weighted by molar-refractivity contribution is -0.131. The lowest BCUT2D eigenvalue weighted by Crippen LogP contribution is -2.25. The predicted molar refractivity (Wildman–Crippen MR) is 116 cm³/mol. The van der Waals surface area contributed by atoms with Crippen molar-refractivity contribution in [1.29, 1.82) is 0 Å². The van der Waals surface area contributed by atoms with Gasteiger partial charge in [-0.05, 0) is 55.0 Å². The van der Waals surface area contributed by atoms with Crippen molar-refractivity contribution in [2.45, 2.75) is 13.8 Å². The summed E-state index contributed by atoms with van der Waals surface area (Å²) in [6, 6.07) is 16.9. The highest BCUT2D eigenvalue weighted by molar-refractivity contribution is 6.11. The van der Waals surface area contributed by atoms with Gasteiger partial charge in [0.15, 0.2) is 5.75 Å². The van der Waals surface area contributed by atoms with Crippen molar-refractivity contribution >= 4 is 29.2 Å². The SMILES string of the molecule is CC(=O)Oc1ccccc1C(=O)Nc1ccc2c(c1)C(=O)N(C)c1cc(C)ccc1O2. The average Bonchev–Trinajstić information content (AvgIpc) is 2.83. The molecule has 0 unspecified atom stereocenters. The molecule has 1 aliphatic rings. The molecule has 2 amide bonds. The van der Waals surface area contributed by atoms with Gasteiger partial charge in [-0.1, -0.05) is 18.2 Å². The van der Waals surface area contributed by atoms with Crippen molar-refractivity contribution in [3.05, 3.63) is 77.4 Å². The van der Waals surface area contributed by atoms with E-state index >= 15 is 0 Å².